The summed E-state index contributed by atoms with van der Waals surface area (Å²) >= 11 is 2.06. The molecule has 17 heavy (non-hydrogen) atoms. The lowest BCUT2D eigenvalue weighted by atomic mass is 10.1. The fourth-order valence-corrected chi connectivity index (χ4v) is 3.46. The molecule has 1 atom stereocenters. The van der Waals surface area contributed by atoms with Gasteiger partial charge in [0.25, 0.3) is 0 Å². The van der Waals surface area contributed by atoms with E-state index in [4.69, 9.17) is 0 Å². The van der Waals surface area contributed by atoms with Gasteiger partial charge in [0.2, 0.25) is 0 Å². The van der Waals surface area contributed by atoms with Crippen LogP contribution in [0.2, 0.25) is 0 Å². The third-order valence-corrected chi connectivity index (χ3v) is 4.44. The van der Waals surface area contributed by atoms with Crippen LogP contribution in [0.25, 0.3) is 10.9 Å². The van der Waals surface area contributed by atoms with Crippen LogP contribution in [0.15, 0.2) is 36.5 Å². The molecular weight excluding hydrogens is 228 g/mol. The van der Waals surface area contributed by atoms with Crippen molar-refractivity contribution in [2.75, 3.05) is 23.4 Å². The van der Waals surface area contributed by atoms with E-state index in [1.54, 1.807) is 0 Å². The van der Waals surface area contributed by atoms with E-state index in [1.807, 2.05) is 18.3 Å². The molecule has 0 radical (unpaired) electrons. The second-order valence-electron chi connectivity index (χ2n) is 4.53. The molecule has 1 saturated heterocycles. The van der Waals surface area contributed by atoms with E-state index in [0.29, 0.717) is 0 Å². The summed E-state index contributed by atoms with van der Waals surface area (Å²) in [4.78, 5) is 4.46. The number of nitrogens with one attached hydrogen (secondary N) is 1. The summed E-state index contributed by atoms with van der Waals surface area (Å²) < 4.78 is 0. The molecule has 2 aromatic rings. The molecule has 1 aliphatic heterocycles. The van der Waals surface area contributed by atoms with Crippen molar-refractivity contribution in [2.45, 2.75) is 6.42 Å². The van der Waals surface area contributed by atoms with Crippen LogP contribution in [0, 0.1) is 5.92 Å². The van der Waals surface area contributed by atoms with Crippen molar-refractivity contribution >= 4 is 28.4 Å². The number of fused-ring (bicyclic) bond motifs is 1. The normalized spacial score (nSPS) is 19.6. The van der Waals surface area contributed by atoms with Crippen LogP contribution in [0.1, 0.15) is 6.42 Å². The Morgan fingerprint density at radius 3 is 3.18 bits per heavy atom. The number of benzene rings is 1. The van der Waals surface area contributed by atoms with Crippen molar-refractivity contribution in [1.29, 1.82) is 0 Å². The minimum Gasteiger partial charge on any atom is -0.383 e. The maximum Gasteiger partial charge on any atom is 0.0703 e. The van der Waals surface area contributed by atoms with Crippen LogP contribution < -0.4 is 5.32 Å². The molecule has 1 aromatic heterocycles. The number of thioether (sulfide) groups is 1. The summed E-state index contributed by atoms with van der Waals surface area (Å²) in [5.41, 5.74) is 2.20. The Hall–Kier alpha value is -1.22. The van der Waals surface area contributed by atoms with Gasteiger partial charge in [0.15, 0.2) is 0 Å². The van der Waals surface area contributed by atoms with E-state index in [9.17, 15) is 0 Å². The Morgan fingerprint density at radius 1 is 1.35 bits per heavy atom. The Kier molecular flexibility index (Phi) is 3.18. The van der Waals surface area contributed by atoms with Crippen molar-refractivity contribution in [3.63, 3.8) is 0 Å². The number of rotatable bonds is 3. The molecule has 1 aliphatic rings. The van der Waals surface area contributed by atoms with E-state index in [-0.39, 0.29) is 0 Å². The Labute approximate surface area is 106 Å². The molecule has 0 spiro atoms. The van der Waals surface area contributed by atoms with E-state index in [1.165, 1.54) is 23.3 Å². The predicted octanol–water partition coefficient (Wildman–Crippen LogP) is 3.40. The van der Waals surface area contributed by atoms with Crippen LogP contribution in [0.3, 0.4) is 0 Å². The molecule has 0 amide bonds. The summed E-state index contributed by atoms with van der Waals surface area (Å²) in [6.07, 6.45) is 3.28. The lowest BCUT2D eigenvalue weighted by molar-refractivity contribution is 0.632. The second kappa shape index (κ2) is 4.96. The zero-order chi connectivity index (χ0) is 11.5. The first-order valence-electron chi connectivity index (χ1n) is 6.08. The molecule has 1 unspecified atom stereocenters. The molecule has 0 bridgehead atoms. The Balaban J connectivity index is 1.72. The second-order valence-corrected chi connectivity index (χ2v) is 5.68. The summed E-state index contributed by atoms with van der Waals surface area (Å²) in [7, 11) is 0. The smallest absolute Gasteiger partial charge is 0.0703 e. The largest absolute Gasteiger partial charge is 0.383 e. The number of anilines is 1. The highest BCUT2D eigenvalue weighted by atomic mass is 32.2. The molecule has 1 N–H and O–H groups in total. The third kappa shape index (κ3) is 2.55. The predicted molar refractivity (Wildman–Crippen MR) is 75.7 cm³/mol. The first-order chi connectivity index (χ1) is 8.42. The molecule has 1 fully saturated rings. The molecule has 2 nitrogen and oxygen atoms in total. The first-order valence-corrected chi connectivity index (χ1v) is 7.24. The molecule has 0 aliphatic carbocycles. The van der Waals surface area contributed by atoms with E-state index in [2.05, 4.69) is 40.3 Å². The topological polar surface area (TPSA) is 24.9 Å². The summed E-state index contributed by atoms with van der Waals surface area (Å²) in [6.45, 7) is 1.08. The van der Waals surface area contributed by atoms with E-state index in [0.717, 1.165) is 23.7 Å². The van der Waals surface area contributed by atoms with E-state index >= 15 is 0 Å². The number of hydrogen-bond acceptors (Lipinski definition) is 3. The Bertz CT molecular complexity index is 506. The van der Waals surface area contributed by atoms with Gasteiger partial charge >= 0.3 is 0 Å². The quantitative estimate of drug-likeness (QED) is 0.895. The number of para-hydroxylation sites is 1. The van der Waals surface area contributed by atoms with Crippen molar-refractivity contribution < 1.29 is 0 Å². The average Bonchev–Trinajstić information content (AvgIpc) is 2.89. The van der Waals surface area contributed by atoms with E-state index < -0.39 is 0 Å². The van der Waals surface area contributed by atoms with Gasteiger partial charge in [0.1, 0.15) is 0 Å². The average molecular weight is 244 g/mol. The first kappa shape index (κ1) is 10.9. The molecule has 3 heteroatoms. The standard InChI is InChI=1S/C14H16N2S/c1-2-4-14-12(3-1)7-13(9-16-14)15-8-11-5-6-17-10-11/h1-4,7,9,11,15H,5-6,8,10H2. The van der Waals surface area contributed by atoms with Crippen molar-refractivity contribution in [2.24, 2.45) is 5.92 Å². The van der Waals surface area contributed by atoms with Crippen molar-refractivity contribution in [3.8, 4) is 0 Å². The SMILES string of the molecule is c1ccc2ncc(NCC3CCSC3)cc2c1. The van der Waals surface area contributed by atoms with Gasteiger partial charge in [-0.05, 0) is 36.0 Å². The highest BCUT2D eigenvalue weighted by molar-refractivity contribution is 7.99. The lowest BCUT2D eigenvalue weighted by Crippen LogP contribution is -2.13. The molecule has 3 rings (SSSR count). The third-order valence-electron chi connectivity index (χ3n) is 3.21. The van der Waals surface area contributed by atoms with Gasteiger partial charge in [-0.3, -0.25) is 4.98 Å². The maximum absolute atomic E-state index is 4.46. The summed E-state index contributed by atoms with van der Waals surface area (Å²) in [6, 6.07) is 10.4. The number of nitrogens with zero attached hydrogens (tertiary/aromatic N) is 1. The van der Waals surface area contributed by atoms with Gasteiger partial charge in [0.05, 0.1) is 17.4 Å². The highest BCUT2D eigenvalue weighted by Crippen LogP contribution is 2.24. The molecular formula is C14H16N2S. The van der Waals surface area contributed by atoms with Gasteiger partial charge < -0.3 is 5.32 Å². The molecule has 88 valence electrons. The van der Waals surface area contributed by atoms with Gasteiger partial charge in [-0.2, -0.15) is 11.8 Å². The van der Waals surface area contributed by atoms with Gasteiger partial charge in [-0.15, -0.1) is 0 Å². The van der Waals surface area contributed by atoms with Gasteiger partial charge in [-0.1, -0.05) is 18.2 Å². The van der Waals surface area contributed by atoms with Crippen LogP contribution in [-0.4, -0.2) is 23.0 Å². The maximum atomic E-state index is 4.46. The highest BCUT2D eigenvalue weighted by Gasteiger charge is 2.14. The zero-order valence-electron chi connectivity index (χ0n) is 9.73. The van der Waals surface area contributed by atoms with Gasteiger partial charge in [0, 0.05) is 11.9 Å². The van der Waals surface area contributed by atoms with Gasteiger partial charge in [-0.25, -0.2) is 0 Å². The van der Waals surface area contributed by atoms with Crippen LogP contribution in [0.5, 0.6) is 0 Å². The monoisotopic (exact) mass is 244 g/mol. The fourth-order valence-electron chi connectivity index (χ4n) is 2.17. The number of aromatic nitrogens is 1. The molecule has 1 aromatic carbocycles. The van der Waals surface area contributed by atoms with Crippen LogP contribution >= 0.6 is 11.8 Å². The minimum atomic E-state index is 0.825. The Morgan fingerprint density at radius 2 is 2.29 bits per heavy atom. The van der Waals surface area contributed by atoms with Crippen LogP contribution in [-0.2, 0) is 0 Å². The molecule has 2 heterocycles. The minimum absolute atomic E-state index is 0.825. The number of pyridine rings is 1. The van der Waals surface area contributed by atoms with Crippen molar-refractivity contribution in [3.05, 3.63) is 36.5 Å². The summed E-state index contributed by atoms with van der Waals surface area (Å²) in [5.74, 6) is 3.45. The fraction of sp³-hybridized carbons (Fsp3) is 0.357. The zero-order valence-corrected chi connectivity index (χ0v) is 10.5. The van der Waals surface area contributed by atoms with Crippen LogP contribution in [0.4, 0.5) is 5.69 Å². The lowest BCUT2D eigenvalue weighted by Gasteiger charge is -2.11. The number of hydrogen-bond donors (Lipinski definition) is 1. The molecule has 0 saturated carbocycles. The summed E-state index contributed by atoms with van der Waals surface area (Å²) in [5, 5.41) is 4.71. The van der Waals surface area contributed by atoms with Crippen molar-refractivity contribution in [1.82, 2.24) is 4.98 Å².